The first-order valence-electron chi connectivity index (χ1n) is 10.8. The van der Waals surface area contributed by atoms with E-state index in [1.165, 1.54) is 5.01 Å². The minimum Gasteiger partial charge on any atom is -0.279 e. The van der Waals surface area contributed by atoms with Crippen molar-refractivity contribution in [3.05, 3.63) is 102 Å². The molecule has 0 saturated heterocycles. The molecule has 0 bridgehead atoms. The molecule has 1 heterocycles. The summed E-state index contributed by atoms with van der Waals surface area (Å²) < 4.78 is 28.4. The average molecular weight is 460 g/mol. The van der Waals surface area contributed by atoms with Gasteiger partial charge in [-0.1, -0.05) is 85.8 Å². The van der Waals surface area contributed by atoms with E-state index in [-0.39, 0.29) is 16.8 Å². The molecule has 1 aliphatic heterocycles. The van der Waals surface area contributed by atoms with Crippen molar-refractivity contribution in [1.29, 1.82) is 0 Å². The lowest BCUT2D eigenvalue weighted by Gasteiger charge is -2.17. The van der Waals surface area contributed by atoms with Crippen molar-refractivity contribution < 1.29 is 13.2 Å². The number of nitrogens with one attached hydrogen (secondary N) is 1. The van der Waals surface area contributed by atoms with Gasteiger partial charge in [-0.05, 0) is 23.8 Å². The van der Waals surface area contributed by atoms with E-state index in [1.54, 1.807) is 49.4 Å². The number of hydrogen-bond donors (Lipinski definition) is 1. The summed E-state index contributed by atoms with van der Waals surface area (Å²) >= 11 is 0. The second-order valence-electron chi connectivity index (χ2n) is 7.64. The van der Waals surface area contributed by atoms with E-state index < -0.39 is 10.0 Å². The van der Waals surface area contributed by atoms with Crippen LogP contribution < -0.4 is 4.72 Å². The molecule has 0 saturated carbocycles. The molecule has 1 aliphatic rings. The molecule has 0 aromatic heterocycles. The lowest BCUT2D eigenvalue weighted by molar-refractivity contribution is -0.131. The van der Waals surface area contributed by atoms with Gasteiger partial charge in [0, 0.05) is 18.4 Å². The molecule has 3 aromatic carbocycles. The summed E-state index contributed by atoms with van der Waals surface area (Å²) in [5.41, 5.74) is 2.77. The third kappa shape index (κ3) is 5.21. The van der Waals surface area contributed by atoms with Crippen LogP contribution in [0, 0.1) is 0 Å². The highest BCUT2D eigenvalue weighted by molar-refractivity contribution is 7.92. The van der Waals surface area contributed by atoms with Gasteiger partial charge in [-0.25, -0.2) is 13.4 Å². The third-order valence-corrected chi connectivity index (χ3v) is 6.73. The Balaban J connectivity index is 1.63. The fraction of sp³-hybridized carbons (Fsp3) is 0.154. The van der Waals surface area contributed by atoms with Gasteiger partial charge in [-0.15, -0.1) is 0 Å². The van der Waals surface area contributed by atoms with Crippen LogP contribution in [0.25, 0.3) is 6.08 Å². The first-order chi connectivity index (χ1) is 16.0. The minimum absolute atomic E-state index is 0.0879. The summed E-state index contributed by atoms with van der Waals surface area (Å²) in [4.78, 5) is 12.8. The Bertz CT molecular complexity index is 1290. The molecular formula is C26H25N3O3S. The van der Waals surface area contributed by atoms with Gasteiger partial charge in [0.1, 0.15) is 0 Å². The average Bonchev–Trinajstić information content (AvgIpc) is 3.27. The number of sulfonamides is 1. The number of carbonyl (C=O) groups is 1. The number of para-hydroxylation sites is 1. The van der Waals surface area contributed by atoms with E-state index in [0.29, 0.717) is 29.8 Å². The number of hydrazone groups is 1. The number of anilines is 1. The van der Waals surface area contributed by atoms with Crippen LogP contribution in [0.4, 0.5) is 5.69 Å². The van der Waals surface area contributed by atoms with Crippen molar-refractivity contribution in [2.75, 3.05) is 4.72 Å². The molecule has 0 unspecified atom stereocenters. The minimum atomic E-state index is -3.76. The van der Waals surface area contributed by atoms with Crippen molar-refractivity contribution >= 4 is 33.4 Å². The third-order valence-electron chi connectivity index (χ3n) is 5.35. The lowest BCUT2D eigenvalue weighted by Crippen LogP contribution is -2.30. The first kappa shape index (κ1) is 22.5. The van der Waals surface area contributed by atoms with E-state index >= 15 is 0 Å². The Labute approximate surface area is 194 Å². The molecule has 0 spiro atoms. The Morgan fingerprint density at radius 2 is 1.64 bits per heavy atom. The summed E-state index contributed by atoms with van der Waals surface area (Å²) in [7, 11) is -3.76. The summed E-state index contributed by atoms with van der Waals surface area (Å²) in [5, 5.41) is 6.10. The summed E-state index contributed by atoms with van der Waals surface area (Å²) in [6.07, 6.45) is 4.76. The van der Waals surface area contributed by atoms with Crippen molar-refractivity contribution in [3.63, 3.8) is 0 Å². The fourth-order valence-electron chi connectivity index (χ4n) is 3.66. The molecule has 33 heavy (non-hydrogen) atoms. The van der Waals surface area contributed by atoms with Crippen LogP contribution in [0.1, 0.15) is 30.9 Å². The van der Waals surface area contributed by atoms with E-state index in [0.717, 1.165) is 5.56 Å². The summed E-state index contributed by atoms with van der Waals surface area (Å²) in [5.74, 6) is -0.0879. The normalized spacial score (nSPS) is 16.1. The Kier molecular flexibility index (Phi) is 6.70. The second-order valence-corrected chi connectivity index (χ2v) is 9.33. The molecule has 0 radical (unpaired) electrons. The molecule has 168 valence electrons. The van der Waals surface area contributed by atoms with Crippen LogP contribution in [0.15, 0.2) is 101 Å². The van der Waals surface area contributed by atoms with Crippen LogP contribution in [0.5, 0.6) is 0 Å². The molecule has 3 aromatic rings. The topological polar surface area (TPSA) is 78.8 Å². The van der Waals surface area contributed by atoms with Gasteiger partial charge in [0.15, 0.2) is 0 Å². The molecule has 7 heteroatoms. The predicted octanol–water partition coefficient (Wildman–Crippen LogP) is 4.92. The maximum Gasteiger partial charge on any atom is 0.261 e. The van der Waals surface area contributed by atoms with Crippen LogP contribution in [-0.2, 0) is 14.8 Å². The highest BCUT2D eigenvalue weighted by Crippen LogP contribution is 2.28. The van der Waals surface area contributed by atoms with Crippen molar-refractivity contribution in [1.82, 2.24) is 5.01 Å². The standard InChI is InChI=1S/C26H25N3O3S/c1-2-26(30)29-21(18-17-20-11-5-3-6-12-20)19-25(27-29)23-15-9-10-16-24(23)28-33(31,32)22-13-7-4-8-14-22/h3-18,21,28H,2,19H2,1H3/b18-17-/t21-/m1/s1. The molecule has 0 fully saturated rings. The van der Waals surface area contributed by atoms with Gasteiger partial charge >= 0.3 is 0 Å². The predicted molar refractivity (Wildman–Crippen MR) is 131 cm³/mol. The molecule has 4 rings (SSSR count). The largest absolute Gasteiger partial charge is 0.279 e. The maximum absolute atomic E-state index is 12.9. The summed E-state index contributed by atoms with van der Waals surface area (Å²) in [6, 6.07) is 25.0. The number of carbonyl (C=O) groups excluding carboxylic acids is 1. The lowest BCUT2D eigenvalue weighted by atomic mass is 10.0. The molecule has 6 nitrogen and oxygen atoms in total. The van der Waals surface area contributed by atoms with Gasteiger partial charge in [0.25, 0.3) is 10.0 Å². The zero-order valence-electron chi connectivity index (χ0n) is 18.3. The fourth-order valence-corrected chi connectivity index (χ4v) is 4.76. The number of hydrogen-bond acceptors (Lipinski definition) is 4. The Morgan fingerprint density at radius 1 is 1.00 bits per heavy atom. The van der Waals surface area contributed by atoms with Gasteiger partial charge in [0.05, 0.1) is 22.3 Å². The van der Waals surface area contributed by atoms with Gasteiger partial charge < -0.3 is 0 Å². The summed E-state index contributed by atoms with van der Waals surface area (Å²) in [6.45, 7) is 1.80. The van der Waals surface area contributed by atoms with E-state index in [1.807, 2.05) is 54.6 Å². The van der Waals surface area contributed by atoms with Crippen LogP contribution in [-0.4, -0.2) is 31.1 Å². The Hall–Kier alpha value is -3.71. The maximum atomic E-state index is 12.9. The highest BCUT2D eigenvalue weighted by Gasteiger charge is 2.30. The smallest absolute Gasteiger partial charge is 0.261 e. The van der Waals surface area contributed by atoms with Gasteiger partial charge in [-0.2, -0.15) is 5.10 Å². The molecule has 1 N–H and O–H groups in total. The van der Waals surface area contributed by atoms with Crippen LogP contribution >= 0.6 is 0 Å². The second kappa shape index (κ2) is 9.83. The van der Waals surface area contributed by atoms with E-state index in [9.17, 15) is 13.2 Å². The van der Waals surface area contributed by atoms with Crippen LogP contribution in [0.3, 0.4) is 0 Å². The van der Waals surface area contributed by atoms with Crippen LogP contribution in [0.2, 0.25) is 0 Å². The van der Waals surface area contributed by atoms with Gasteiger partial charge in [-0.3, -0.25) is 9.52 Å². The molecule has 1 amide bonds. The number of amides is 1. The zero-order chi connectivity index (χ0) is 23.3. The van der Waals surface area contributed by atoms with Crippen molar-refractivity contribution in [2.45, 2.75) is 30.7 Å². The number of rotatable bonds is 7. The molecule has 1 atom stereocenters. The number of benzene rings is 3. The number of nitrogens with zero attached hydrogens (tertiary/aromatic N) is 2. The van der Waals surface area contributed by atoms with Crippen molar-refractivity contribution in [3.8, 4) is 0 Å². The van der Waals surface area contributed by atoms with Gasteiger partial charge in [0.2, 0.25) is 5.91 Å². The zero-order valence-corrected chi connectivity index (χ0v) is 19.1. The van der Waals surface area contributed by atoms with Crippen molar-refractivity contribution in [2.24, 2.45) is 5.10 Å². The molecule has 0 aliphatic carbocycles. The monoisotopic (exact) mass is 459 g/mol. The van der Waals surface area contributed by atoms with E-state index in [2.05, 4.69) is 9.82 Å². The molecular weight excluding hydrogens is 434 g/mol. The SMILES string of the molecule is CCC(=O)N1N=C(c2ccccc2NS(=O)(=O)c2ccccc2)C[C@H]1/C=C\c1ccccc1. The Morgan fingerprint density at radius 3 is 2.33 bits per heavy atom. The quantitative estimate of drug-likeness (QED) is 0.545. The highest BCUT2D eigenvalue weighted by atomic mass is 32.2. The van der Waals surface area contributed by atoms with E-state index in [4.69, 9.17) is 0 Å². The first-order valence-corrected chi connectivity index (χ1v) is 12.3.